The molecule has 204 valence electrons. The second-order valence-electron chi connectivity index (χ2n) is 9.33. The highest BCUT2D eigenvalue weighted by Gasteiger charge is 2.46. The Kier molecular flexibility index (Phi) is 7.76. The van der Waals surface area contributed by atoms with Crippen molar-refractivity contribution >= 4 is 17.4 Å². The van der Waals surface area contributed by atoms with Crippen molar-refractivity contribution in [2.75, 3.05) is 26.9 Å². The standard InChI is InChI=1S/C30H31NO8/c1-3-4-5-12-37-22-10-8-19(16-24(22)35-2)27-26(29(33)30(34)31(27)18-21-7-6-13-36-21)28(32)20-9-11-23-25(17-20)39-15-14-38-23/h6-11,13,16-17,27,32H,3-5,12,14-15,18H2,1-2H3/b28-26+. The highest BCUT2D eigenvalue weighted by atomic mass is 16.6. The molecule has 2 aliphatic heterocycles. The number of methoxy groups -OCH3 is 1. The Morgan fingerprint density at radius 1 is 1.03 bits per heavy atom. The van der Waals surface area contributed by atoms with E-state index in [0.29, 0.717) is 59.7 Å². The van der Waals surface area contributed by atoms with Gasteiger partial charge < -0.3 is 33.4 Å². The number of nitrogens with zero attached hydrogens (tertiary/aromatic N) is 1. The third-order valence-electron chi connectivity index (χ3n) is 6.77. The van der Waals surface area contributed by atoms with Crippen molar-refractivity contribution in [2.24, 2.45) is 0 Å². The molecule has 0 saturated carbocycles. The van der Waals surface area contributed by atoms with E-state index in [-0.39, 0.29) is 17.9 Å². The van der Waals surface area contributed by atoms with Crippen molar-refractivity contribution in [1.29, 1.82) is 0 Å². The summed E-state index contributed by atoms with van der Waals surface area (Å²) in [6, 6.07) is 12.7. The van der Waals surface area contributed by atoms with Gasteiger partial charge in [0.1, 0.15) is 24.7 Å². The maximum Gasteiger partial charge on any atom is 0.296 e. The Hall–Kier alpha value is -4.40. The predicted octanol–water partition coefficient (Wildman–Crippen LogP) is 5.25. The van der Waals surface area contributed by atoms with Gasteiger partial charge in [0.05, 0.1) is 38.1 Å². The van der Waals surface area contributed by atoms with E-state index in [4.69, 9.17) is 23.4 Å². The van der Waals surface area contributed by atoms with Crippen LogP contribution in [0.25, 0.3) is 5.76 Å². The lowest BCUT2D eigenvalue weighted by Crippen LogP contribution is -2.29. The average molecular weight is 534 g/mol. The number of furan rings is 1. The highest BCUT2D eigenvalue weighted by molar-refractivity contribution is 6.46. The molecule has 1 fully saturated rings. The van der Waals surface area contributed by atoms with Gasteiger partial charge in [-0.05, 0) is 54.4 Å². The first kappa shape index (κ1) is 26.2. The van der Waals surface area contributed by atoms with Gasteiger partial charge in [0.15, 0.2) is 23.0 Å². The number of hydrogen-bond acceptors (Lipinski definition) is 8. The second kappa shape index (κ2) is 11.6. The molecule has 0 spiro atoms. The van der Waals surface area contributed by atoms with Crippen molar-refractivity contribution in [3.63, 3.8) is 0 Å². The molecule has 0 radical (unpaired) electrons. The minimum Gasteiger partial charge on any atom is -0.507 e. The van der Waals surface area contributed by atoms with Gasteiger partial charge in [0, 0.05) is 5.56 Å². The fraction of sp³-hybridized carbons (Fsp3) is 0.333. The molecular formula is C30H31NO8. The van der Waals surface area contributed by atoms with Gasteiger partial charge in [-0.15, -0.1) is 0 Å². The smallest absolute Gasteiger partial charge is 0.296 e. The summed E-state index contributed by atoms with van der Waals surface area (Å²) >= 11 is 0. The largest absolute Gasteiger partial charge is 0.507 e. The number of ether oxygens (including phenoxy) is 4. The molecule has 1 unspecified atom stereocenters. The molecule has 1 aromatic heterocycles. The SMILES string of the molecule is CCCCCOc1ccc(C2/C(=C(\O)c3ccc4c(c3)OCCO4)C(=O)C(=O)N2Cc2ccco2)cc1OC. The van der Waals surface area contributed by atoms with Crippen LogP contribution in [0.1, 0.15) is 49.1 Å². The van der Waals surface area contributed by atoms with E-state index in [0.717, 1.165) is 19.3 Å². The lowest BCUT2D eigenvalue weighted by Gasteiger charge is -2.25. The number of benzene rings is 2. The van der Waals surface area contributed by atoms with Gasteiger partial charge in [0.2, 0.25) is 0 Å². The van der Waals surface area contributed by atoms with E-state index < -0.39 is 17.7 Å². The molecule has 2 aromatic carbocycles. The maximum absolute atomic E-state index is 13.4. The van der Waals surface area contributed by atoms with Crippen molar-refractivity contribution in [3.05, 3.63) is 77.3 Å². The summed E-state index contributed by atoms with van der Waals surface area (Å²) in [5, 5.41) is 11.4. The van der Waals surface area contributed by atoms with Gasteiger partial charge in [-0.1, -0.05) is 25.8 Å². The van der Waals surface area contributed by atoms with Crippen LogP contribution in [0.2, 0.25) is 0 Å². The number of hydrogen-bond donors (Lipinski definition) is 1. The number of fused-ring (bicyclic) bond motifs is 1. The lowest BCUT2D eigenvalue weighted by molar-refractivity contribution is -0.140. The second-order valence-corrected chi connectivity index (χ2v) is 9.33. The van der Waals surface area contributed by atoms with Gasteiger partial charge in [-0.25, -0.2) is 0 Å². The number of carbonyl (C=O) groups is 2. The summed E-state index contributed by atoms with van der Waals surface area (Å²) in [7, 11) is 1.53. The number of aliphatic hydroxyl groups excluding tert-OH is 1. The molecule has 1 saturated heterocycles. The highest BCUT2D eigenvalue weighted by Crippen LogP contribution is 2.43. The first-order valence-electron chi connectivity index (χ1n) is 13.0. The minimum atomic E-state index is -0.897. The molecule has 39 heavy (non-hydrogen) atoms. The van der Waals surface area contributed by atoms with Crippen LogP contribution in [0.15, 0.2) is 64.8 Å². The Balaban J connectivity index is 1.57. The van der Waals surface area contributed by atoms with Crippen molar-refractivity contribution in [1.82, 2.24) is 4.90 Å². The first-order chi connectivity index (χ1) is 19.0. The number of aliphatic hydroxyl groups is 1. The Labute approximate surface area is 226 Å². The fourth-order valence-electron chi connectivity index (χ4n) is 4.81. The molecule has 0 aliphatic carbocycles. The number of likely N-dealkylation sites (tertiary alicyclic amines) is 1. The van der Waals surface area contributed by atoms with E-state index in [9.17, 15) is 14.7 Å². The van der Waals surface area contributed by atoms with Crippen LogP contribution in [0.4, 0.5) is 0 Å². The fourth-order valence-corrected chi connectivity index (χ4v) is 4.81. The number of Topliss-reactive ketones (excluding diaryl/α,β-unsaturated/α-hetero) is 1. The van der Waals surface area contributed by atoms with Crippen LogP contribution in [0.5, 0.6) is 23.0 Å². The minimum absolute atomic E-state index is 0.0394. The summed E-state index contributed by atoms with van der Waals surface area (Å²) in [5.74, 6) is 0.691. The van der Waals surface area contributed by atoms with Crippen LogP contribution < -0.4 is 18.9 Å². The van der Waals surface area contributed by atoms with Gasteiger partial charge >= 0.3 is 0 Å². The average Bonchev–Trinajstić information content (AvgIpc) is 3.57. The Bertz CT molecular complexity index is 1380. The molecule has 1 amide bonds. The van der Waals surface area contributed by atoms with Crippen molar-refractivity contribution < 1.29 is 38.1 Å². The van der Waals surface area contributed by atoms with Crippen LogP contribution in [0, 0.1) is 0 Å². The lowest BCUT2D eigenvalue weighted by atomic mass is 9.94. The molecular weight excluding hydrogens is 502 g/mol. The topological polar surface area (TPSA) is 108 Å². The van der Waals surface area contributed by atoms with E-state index in [2.05, 4.69) is 6.92 Å². The van der Waals surface area contributed by atoms with Gasteiger partial charge in [0.25, 0.3) is 11.7 Å². The summed E-state index contributed by atoms with van der Waals surface area (Å²) < 4.78 is 28.2. The number of rotatable bonds is 10. The molecule has 9 nitrogen and oxygen atoms in total. The molecule has 2 aliphatic rings. The van der Waals surface area contributed by atoms with Gasteiger partial charge in [-0.3, -0.25) is 9.59 Å². The van der Waals surface area contributed by atoms with E-state index >= 15 is 0 Å². The maximum atomic E-state index is 13.4. The van der Waals surface area contributed by atoms with E-state index in [1.807, 2.05) is 0 Å². The molecule has 1 N–H and O–H groups in total. The number of carbonyl (C=O) groups excluding carboxylic acids is 2. The number of amides is 1. The predicted molar refractivity (Wildman–Crippen MR) is 142 cm³/mol. The number of ketones is 1. The van der Waals surface area contributed by atoms with Gasteiger partial charge in [-0.2, -0.15) is 0 Å². The zero-order valence-electron chi connectivity index (χ0n) is 22.0. The van der Waals surface area contributed by atoms with E-state index in [1.54, 1.807) is 48.5 Å². The first-order valence-corrected chi connectivity index (χ1v) is 13.0. The Morgan fingerprint density at radius 3 is 2.59 bits per heavy atom. The summed E-state index contributed by atoms with van der Waals surface area (Å²) in [6.45, 7) is 3.51. The monoisotopic (exact) mass is 533 g/mol. The zero-order chi connectivity index (χ0) is 27.4. The molecule has 1 atom stereocenters. The third-order valence-corrected chi connectivity index (χ3v) is 6.77. The quantitative estimate of drug-likeness (QED) is 0.163. The third kappa shape index (κ3) is 5.30. The van der Waals surface area contributed by atoms with Crippen LogP contribution in [-0.4, -0.2) is 48.6 Å². The Morgan fingerprint density at radius 2 is 1.85 bits per heavy atom. The molecule has 0 bridgehead atoms. The molecule has 9 heteroatoms. The molecule has 5 rings (SSSR count). The number of unbranched alkanes of at least 4 members (excludes halogenated alkanes) is 2. The van der Waals surface area contributed by atoms with Crippen molar-refractivity contribution in [2.45, 2.75) is 38.8 Å². The summed E-state index contributed by atoms with van der Waals surface area (Å²) in [5.41, 5.74) is 0.877. The summed E-state index contributed by atoms with van der Waals surface area (Å²) in [6.07, 6.45) is 4.56. The van der Waals surface area contributed by atoms with Crippen LogP contribution >= 0.6 is 0 Å². The van der Waals surface area contributed by atoms with Crippen LogP contribution in [0.3, 0.4) is 0 Å². The zero-order valence-corrected chi connectivity index (χ0v) is 22.0. The van der Waals surface area contributed by atoms with Crippen molar-refractivity contribution in [3.8, 4) is 23.0 Å². The molecule has 3 aromatic rings. The molecule has 3 heterocycles. The summed E-state index contributed by atoms with van der Waals surface area (Å²) in [4.78, 5) is 28.1. The van der Waals surface area contributed by atoms with E-state index in [1.165, 1.54) is 18.3 Å². The van der Waals surface area contributed by atoms with Crippen LogP contribution in [-0.2, 0) is 16.1 Å². The normalized spacial score (nSPS) is 17.9.